The molecule has 1 fully saturated rings. The van der Waals surface area contributed by atoms with Crippen molar-refractivity contribution in [1.29, 1.82) is 0 Å². The molecule has 3 rings (SSSR count). The molecule has 0 aliphatic carbocycles. The molecule has 1 saturated heterocycles. The summed E-state index contributed by atoms with van der Waals surface area (Å²) in [6.45, 7) is 1.80. The molecule has 6 nitrogen and oxygen atoms in total. The Morgan fingerprint density at radius 1 is 1.47 bits per heavy atom. The topological polar surface area (TPSA) is 73.5 Å². The van der Waals surface area contributed by atoms with Crippen LogP contribution in [0.25, 0.3) is 11.1 Å². The smallest absolute Gasteiger partial charge is 0.408 e. The lowest BCUT2D eigenvalue weighted by Crippen LogP contribution is -2.43. The van der Waals surface area contributed by atoms with Crippen LogP contribution in [0.1, 0.15) is 10.4 Å². The maximum atomic E-state index is 12.2. The van der Waals surface area contributed by atoms with Crippen molar-refractivity contribution >= 4 is 16.9 Å². The van der Waals surface area contributed by atoms with E-state index in [1.54, 1.807) is 25.2 Å². The summed E-state index contributed by atoms with van der Waals surface area (Å²) in [4.78, 5) is 23.6. The highest BCUT2D eigenvalue weighted by Gasteiger charge is 2.23. The Kier molecular flexibility index (Phi) is 2.96. The molecule has 0 radical (unpaired) electrons. The molecule has 1 atom stereocenters. The molecule has 6 heteroatoms. The number of carbonyl (C=O) groups excluding carboxylic acids is 1. The lowest BCUT2D eigenvalue weighted by Gasteiger charge is -2.22. The number of fused-ring (bicyclic) bond motifs is 1. The molecule has 1 aliphatic rings. The third-order valence-corrected chi connectivity index (χ3v) is 3.30. The minimum Gasteiger partial charge on any atom is -0.408 e. The zero-order valence-electron chi connectivity index (χ0n) is 10.5. The zero-order chi connectivity index (χ0) is 13.4. The van der Waals surface area contributed by atoms with E-state index < -0.39 is 11.9 Å². The Hall–Kier alpha value is -1.92. The van der Waals surface area contributed by atoms with Crippen molar-refractivity contribution in [3.63, 3.8) is 0 Å². The lowest BCUT2D eigenvalue weighted by molar-refractivity contribution is 0.0269. The minimum atomic E-state index is -0.471. The number of carbonyl (C=O) groups is 1. The summed E-state index contributed by atoms with van der Waals surface area (Å²) in [5, 5.41) is 3.11. The Morgan fingerprint density at radius 2 is 2.32 bits per heavy atom. The number of ether oxygens (including phenoxy) is 1. The van der Waals surface area contributed by atoms with Crippen molar-refractivity contribution in [2.45, 2.75) is 6.10 Å². The molecular formula is C13H14N2O4. The van der Waals surface area contributed by atoms with Gasteiger partial charge in [0.2, 0.25) is 0 Å². The number of Topliss-reactive ketones (excluding diaryl/α,β-unsaturated/α-hetero) is 1. The summed E-state index contributed by atoms with van der Waals surface area (Å²) in [6, 6.07) is 5.00. The molecule has 0 saturated carbocycles. The first-order valence-electron chi connectivity index (χ1n) is 6.13. The second-order valence-electron chi connectivity index (χ2n) is 4.54. The van der Waals surface area contributed by atoms with Crippen molar-refractivity contribution in [1.82, 2.24) is 9.88 Å². The highest BCUT2D eigenvalue weighted by atomic mass is 16.5. The molecule has 19 heavy (non-hydrogen) atoms. The monoisotopic (exact) mass is 262 g/mol. The minimum absolute atomic E-state index is 0.0967. The average molecular weight is 262 g/mol. The number of nitrogens with zero attached hydrogens (tertiary/aromatic N) is 1. The fraction of sp³-hybridized carbons (Fsp3) is 0.385. The van der Waals surface area contributed by atoms with Gasteiger partial charge in [-0.1, -0.05) is 0 Å². The first-order chi connectivity index (χ1) is 9.16. The fourth-order valence-corrected chi connectivity index (χ4v) is 2.21. The second-order valence-corrected chi connectivity index (χ2v) is 4.54. The van der Waals surface area contributed by atoms with Gasteiger partial charge in [-0.2, -0.15) is 0 Å². The van der Waals surface area contributed by atoms with Crippen LogP contribution in [0.2, 0.25) is 0 Å². The first kappa shape index (κ1) is 12.1. The number of benzene rings is 1. The van der Waals surface area contributed by atoms with E-state index >= 15 is 0 Å². The molecule has 0 spiro atoms. The number of aryl methyl sites for hydroxylation is 1. The van der Waals surface area contributed by atoms with Gasteiger partial charge in [-0.15, -0.1) is 0 Å². The van der Waals surface area contributed by atoms with E-state index in [1.165, 1.54) is 4.57 Å². The van der Waals surface area contributed by atoms with Crippen LogP contribution < -0.4 is 11.1 Å². The van der Waals surface area contributed by atoms with E-state index in [0.717, 1.165) is 6.54 Å². The van der Waals surface area contributed by atoms with Gasteiger partial charge in [-0.05, 0) is 18.2 Å². The second kappa shape index (κ2) is 4.64. The number of nitrogens with one attached hydrogen (secondary N) is 1. The van der Waals surface area contributed by atoms with Crippen LogP contribution in [0.15, 0.2) is 27.4 Å². The largest absolute Gasteiger partial charge is 0.419 e. The number of oxazole rings is 1. The Balaban J connectivity index is 1.96. The maximum absolute atomic E-state index is 12.2. The number of hydrogen-bond donors (Lipinski definition) is 1. The van der Waals surface area contributed by atoms with Gasteiger partial charge in [0, 0.05) is 25.7 Å². The van der Waals surface area contributed by atoms with Crippen LogP contribution >= 0.6 is 0 Å². The zero-order valence-corrected chi connectivity index (χ0v) is 10.5. The highest BCUT2D eigenvalue weighted by Crippen LogP contribution is 2.16. The molecule has 1 aromatic carbocycles. The maximum Gasteiger partial charge on any atom is 0.419 e. The number of hydrogen-bond acceptors (Lipinski definition) is 5. The Labute approximate surface area is 109 Å². The van der Waals surface area contributed by atoms with Crippen molar-refractivity contribution in [3.05, 3.63) is 34.3 Å². The lowest BCUT2D eigenvalue weighted by atomic mass is 10.0. The summed E-state index contributed by atoms with van der Waals surface area (Å²) in [5.41, 5.74) is 1.59. The number of ketones is 1. The van der Waals surface area contributed by atoms with Crippen LogP contribution in [0.5, 0.6) is 0 Å². The van der Waals surface area contributed by atoms with Gasteiger partial charge in [0.05, 0.1) is 12.1 Å². The third-order valence-electron chi connectivity index (χ3n) is 3.30. The van der Waals surface area contributed by atoms with Gasteiger partial charge < -0.3 is 14.5 Å². The van der Waals surface area contributed by atoms with E-state index in [2.05, 4.69) is 5.32 Å². The molecule has 0 bridgehead atoms. The van der Waals surface area contributed by atoms with Gasteiger partial charge in [-0.3, -0.25) is 9.36 Å². The Bertz CT molecular complexity index is 679. The molecule has 2 heterocycles. The van der Waals surface area contributed by atoms with Crippen LogP contribution in [-0.2, 0) is 11.8 Å². The van der Waals surface area contributed by atoms with E-state index in [9.17, 15) is 9.59 Å². The molecule has 1 aliphatic heterocycles. The average Bonchev–Trinajstić information content (AvgIpc) is 2.74. The van der Waals surface area contributed by atoms with Gasteiger partial charge in [0.25, 0.3) is 0 Å². The Morgan fingerprint density at radius 3 is 3.05 bits per heavy atom. The first-order valence-corrected chi connectivity index (χ1v) is 6.13. The van der Waals surface area contributed by atoms with Gasteiger partial charge in [0.1, 0.15) is 6.10 Å². The molecular weight excluding hydrogens is 248 g/mol. The van der Waals surface area contributed by atoms with Crippen LogP contribution in [0.3, 0.4) is 0 Å². The number of aromatic nitrogens is 1. The molecule has 2 aromatic rings. The van der Waals surface area contributed by atoms with Crippen molar-refractivity contribution < 1.29 is 13.9 Å². The van der Waals surface area contributed by atoms with E-state index in [1.807, 2.05) is 0 Å². The van der Waals surface area contributed by atoms with Gasteiger partial charge in [-0.25, -0.2) is 4.79 Å². The SMILES string of the molecule is Cn1c(=O)oc2cc(C(=O)C3CNCCO3)ccc21. The van der Waals surface area contributed by atoms with E-state index in [-0.39, 0.29) is 5.78 Å². The fourth-order valence-electron chi connectivity index (χ4n) is 2.21. The van der Waals surface area contributed by atoms with Crippen molar-refractivity contribution in [2.24, 2.45) is 7.05 Å². The van der Waals surface area contributed by atoms with Crippen LogP contribution in [0, 0.1) is 0 Å². The van der Waals surface area contributed by atoms with Crippen LogP contribution in [0.4, 0.5) is 0 Å². The predicted octanol–water partition coefficient (Wildman–Crippen LogP) is 0.303. The highest BCUT2D eigenvalue weighted by molar-refractivity contribution is 6.01. The standard InChI is InChI=1S/C13H14N2O4/c1-15-9-3-2-8(6-10(9)19-13(15)17)12(16)11-7-14-4-5-18-11/h2-3,6,11,14H,4-5,7H2,1H3. The van der Waals surface area contributed by atoms with Crippen molar-refractivity contribution in [3.8, 4) is 0 Å². The summed E-state index contributed by atoms with van der Waals surface area (Å²) < 4.78 is 11.9. The quantitative estimate of drug-likeness (QED) is 0.788. The number of morpholine rings is 1. The molecule has 1 N–H and O–H groups in total. The summed E-state index contributed by atoms with van der Waals surface area (Å²) in [7, 11) is 1.63. The molecule has 1 unspecified atom stereocenters. The van der Waals surface area contributed by atoms with Crippen LogP contribution in [-0.4, -0.2) is 36.2 Å². The van der Waals surface area contributed by atoms with Gasteiger partial charge in [0.15, 0.2) is 11.4 Å². The van der Waals surface area contributed by atoms with Crippen molar-refractivity contribution in [2.75, 3.05) is 19.7 Å². The predicted molar refractivity (Wildman–Crippen MR) is 68.4 cm³/mol. The van der Waals surface area contributed by atoms with Gasteiger partial charge >= 0.3 is 5.76 Å². The third kappa shape index (κ3) is 2.09. The normalized spacial score (nSPS) is 19.7. The van der Waals surface area contributed by atoms with E-state index in [4.69, 9.17) is 9.15 Å². The molecule has 0 amide bonds. The van der Waals surface area contributed by atoms with E-state index in [0.29, 0.717) is 29.8 Å². The molecule has 100 valence electrons. The number of rotatable bonds is 2. The molecule has 1 aromatic heterocycles. The summed E-state index contributed by atoms with van der Waals surface area (Å²) in [6.07, 6.45) is -0.471. The summed E-state index contributed by atoms with van der Waals surface area (Å²) in [5.74, 6) is -0.532. The summed E-state index contributed by atoms with van der Waals surface area (Å²) >= 11 is 0.